The molecule has 0 aliphatic heterocycles. The molecule has 1 heterocycles. The van der Waals surface area contributed by atoms with Crippen LogP contribution in [0.2, 0.25) is 0 Å². The Kier molecular flexibility index (Phi) is 5.54. The van der Waals surface area contributed by atoms with Crippen molar-refractivity contribution >= 4 is 5.82 Å². The van der Waals surface area contributed by atoms with Crippen LogP contribution in [-0.2, 0) is 5.41 Å². The summed E-state index contributed by atoms with van der Waals surface area (Å²) in [4.78, 5) is 11.1. The van der Waals surface area contributed by atoms with Gasteiger partial charge in [0, 0.05) is 24.6 Å². The molecule has 19 heavy (non-hydrogen) atoms. The lowest BCUT2D eigenvalue weighted by molar-refractivity contribution is 0.252. The van der Waals surface area contributed by atoms with Crippen molar-refractivity contribution in [3.63, 3.8) is 0 Å². The predicted octanol–water partition coefficient (Wildman–Crippen LogP) is 2.15. The average molecular weight is 266 g/mol. The van der Waals surface area contributed by atoms with Gasteiger partial charge in [0.2, 0.25) is 5.88 Å². The Morgan fingerprint density at radius 2 is 1.95 bits per heavy atom. The van der Waals surface area contributed by atoms with Crippen LogP contribution in [0.25, 0.3) is 0 Å². The van der Waals surface area contributed by atoms with Gasteiger partial charge in [-0.2, -0.15) is 4.98 Å². The van der Waals surface area contributed by atoms with Gasteiger partial charge in [0.05, 0.1) is 0 Å². The fourth-order valence-corrected chi connectivity index (χ4v) is 1.44. The summed E-state index contributed by atoms with van der Waals surface area (Å²) in [5.41, 5.74) is -0.0922. The van der Waals surface area contributed by atoms with Crippen molar-refractivity contribution in [3.05, 3.63) is 11.9 Å². The normalized spacial score (nSPS) is 11.7. The summed E-state index contributed by atoms with van der Waals surface area (Å²) in [6, 6.07) is 1.86. The summed E-state index contributed by atoms with van der Waals surface area (Å²) in [6.07, 6.45) is 0. The van der Waals surface area contributed by atoms with Crippen LogP contribution in [0.3, 0.4) is 0 Å². The molecule has 0 fully saturated rings. The van der Waals surface area contributed by atoms with Crippen LogP contribution in [0.1, 0.15) is 33.5 Å². The molecule has 1 N–H and O–H groups in total. The van der Waals surface area contributed by atoms with Gasteiger partial charge in [0.1, 0.15) is 18.2 Å². The van der Waals surface area contributed by atoms with Crippen LogP contribution in [0, 0.1) is 0 Å². The van der Waals surface area contributed by atoms with Crippen molar-refractivity contribution in [1.82, 2.24) is 14.9 Å². The van der Waals surface area contributed by atoms with Gasteiger partial charge in [-0.15, -0.1) is 0 Å². The van der Waals surface area contributed by atoms with E-state index < -0.39 is 0 Å². The maximum atomic E-state index is 5.71. The third-order valence-electron chi connectivity index (χ3n) is 2.52. The highest BCUT2D eigenvalue weighted by atomic mass is 16.5. The molecule has 5 nitrogen and oxygen atoms in total. The molecule has 1 aromatic rings. The molecule has 0 radical (unpaired) electrons. The Morgan fingerprint density at radius 1 is 1.26 bits per heavy atom. The fraction of sp³-hybridized carbons (Fsp3) is 0.714. The van der Waals surface area contributed by atoms with E-state index in [1.165, 1.54) is 0 Å². The highest BCUT2D eigenvalue weighted by Gasteiger charge is 2.19. The molecule has 5 heteroatoms. The summed E-state index contributed by atoms with van der Waals surface area (Å²) < 4.78 is 5.71. The minimum absolute atomic E-state index is 0.0922. The van der Waals surface area contributed by atoms with E-state index in [1.807, 2.05) is 27.1 Å². The lowest BCUT2D eigenvalue weighted by atomic mass is 9.96. The van der Waals surface area contributed by atoms with E-state index in [0.29, 0.717) is 12.5 Å². The lowest BCUT2D eigenvalue weighted by Crippen LogP contribution is -2.21. The Morgan fingerprint density at radius 3 is 2.47 bits per heavy atom. The number of hydrogen-bond acceptors (Lipinski definition) is 5. The van der Waals surface area contributed by atoms with E-state index >= 15 is 0 Å². The lowest BCUT2D eigenvalue weighted by Gasteiger charge is -2.19. The standard InChI is InChI=1S/C14H26N4O/c1-7-15-11-10-12(19-9-8-18(5)6)17-13(16-11)14(2,3)4/h10H,7-9H2,1-6H3,(H,15,16,17). The molecule has 0 amide bonds. The number of aromatic nitrogens is 2. The average Bonchev–Trinajstić information content (AvgIpc) is 2.27. The van der Waals surface area contributed by atoms with E-state index in [4.69, 9.17) is 4.74 Å². The van der Waals surface area contributed by atoms with Crippen molar-refractivity contribution in [2.45, 2.75) is 33.1 Å². The Balaban J connectivity index is 2.87. The first-order valence-electron chi connectivity index (χ1n) is 6.74. The zero-order valence-electron chi connectivity index (χ0n) is 12.9. The molecule has 0 unspecified atom stereocenters. The van der Waals surface area contributed by atoms with Crippen LogP contribution in [0.15, 0.2) is 6.07 Å². The molecule has 0 aliphatic rings. The Labute approximate surface area is 116 Å². The van der Waals surface area contributed by atoms with Crippen molar-refractivity contribution in [2.24, 2.45) is 0 Å². The van der Waals surface area contributed by atoms with Gasteiger partial charge >= 0.3 is 0 Å². The first-order chi connectivity index (χ1) is 8.82. The van der Waals surface area contributed by atoms with E-state index in [-0.39, 0.29) is 5.41 Å². The molecule has 0 spiro atoms. The summed E-state index contributed by atoms with van der Waals surface area (Å²) >= 11 is 0. The first-order valence-corrected chi connectivity index (χ1v) is 6.74. The smallest absolute Gasteiger partial charge is 0.218 e. The Hall–Kier alpha value is -1.36. The van der Waals surface area contributed by atoms with Crippen LogP contribution < -0.4 is 10.1 Å². The number of ether oxygens (including phenoxy) is 1. The van der Waals surface area contributed by atoms with Crippen molar-refractivity contribution in [1.29, 1.82) is 0 Å². The van der Waals surface area contributed by atoms with Crippen molar-refractivity contribution in [3.8, 4) is 5.88 Å². The molecule has 0 saturated heterocycles. The zero-order chi connectivity index (χ0) is 14.5. The van der Waals surface area contributed by atoms with Gasteiger partial charge in [-0.1, -0.05) is 20.8 Å². The van der Waals surface area contributed by atoms with Crippen LogP contribution in [0.4, 0.5) is 5.82 Å². The highest BCUT2D eigenvalue weighted by Crippen LogP contribution is 2.23. The van der Waals surface area contributed by atoms with Gasteiger partial charge in [-0.25, -0.2) is 4.98 Å². The monoisotopic (exact) mass is 266 g/mol. The molecule has 1 rings (SSSR count). The quantitative estimate of drug-likeness (QED) is 0.855. The van der Waals surface area contributed by atoms with E-state index in [0.717, 1.165) is 24.7 Å². The molecule has 108 valence electrons. The summed E-state index contributed by atoms with van der Waals surface area (Å²) in [6.45, 7) is 10.7. The molecule has 0 saturated carbocycles. The minimum Gasteiger partial charge on any atom is -0.476 e. The third-order valence-corrected chi connectivity index (χ3v) is 2.52. The highest BCUT2D eigenvalue weighted by molar-refractivity contribution is 5.39. The van der Waals surface area contributed by atoms with Gasteiger partial charge in [0.15, 0.2) is 0 Å². The van der Waals surface area contributed by atoms with E-state index in [1.54, 1.807) is 0 Å². The number of nitrogens with one attached hydrogen (secondary N) is 1. The number of anilines is 1. The van der Waals surface area contributed by atoms with Crippen LogP contribution >= 0.6 is 0 Å². The number of hydrogen-bond donors (Lipinski definition) is 1. The minimum atomic E-state index is -0.0922. The van der Waals surface area contributed by atoms with E-state index in [2.05, 4.69) is 41.0 Å². The van der Waals surface area contributed by atoms with Crippen molar-refractivity contribution < 1.29 is 4.74 Å². The SMILES string of the molecule is CCNc1cc(OCCN(C)C)nc(C(C)(C)C)n1. The van der Waals surface area contributed by atoms with Crippen LogP contribution in [0.5, 0.6) is 5.88 Å². The summed E-state index contributed by atoms with van der Waals surface area (Å²) in [7, 11) is 4.04. The zero-order valence-corrected chi connectivity index (χ0v) is 12.9. The fourth-order valence-electron chi connectivity index (χ4n) is 1.44. The summed E-state index contributed by atoms with van der Waals surface area (Å²) in [5.74, 6) is 2.26. The second-order valence-electron chi connectivity index (χ2n) is 5.85. The third kappa shape index (κ3) is 5.42. The number of likely N-dealkylation sites (N-methyl/N-ethyl adjacent to an activating group) is 1. The maximum Gasteiger partial charge on any atom is 0.218 e. The predicted molar refractivity (Wildman–Crippen MR) is 78.9 cm³/mol. The van der Waals surface area contributed by atoms with Gasteiger partial charge in [-0.05, 0) is 21.0 Å². The topological polar surface area (TPSA) is 50.3 Å². The molecule has 0 aliphatic carbocycles. The largest absolute Gasteiger partial charge is 0.476 e. The molecule has 0 atom stereocenters. The second-order valence-corrected chi connectivity index (χ2v) is 5.85. The first kappa shape index (κ1) is 15.7. The molecular formula is C14H26N4O. The number of nitrogens with zero attached hydrogens (tertiary/aromatic N) is 3. The number of rotatable bonds is 6. The molecular weight excluding hydrogens is 240 g/mol. The van der Waals surface area contributed by atoms with Gasteiger partial charge in [0.25, 0.3) is 0 Å². The Bertz CT molecular complexity index is 399. The maximum absolute atomic E-state index is 5.71. The van der Waals surface area contributed by atoms with Crippen molar-refractivity contribution in [2.75, 3.05) is 39.1 Å². The summed E-state index contributed by atoms with van der Waals surface area (Å²) in [5, 5.41) is 3.22. The van der Waals surface area contributed by atoms with Gasteiger partial charge < -0.3 is 15.0 Å². The molecule has 0 aromatic carbocycles. The van der Waals surface area contributed by atoms with Gasteiger partial charge in [-0.3, -0.25) is 0 Å². The second kappa shape index (κ2) is 6.70. The molecule has 1 aromatic heterocycles. The van der Waals surface area contributed by atoms with E-state index in [9.17, 15) is 0 Å². The molecule has 0 bridgehead atoms. The van der Waals surface area contributed by atoms with Crippen LogP contribution in [-0.4, -0.2) is 48.7 Å².